The molecule has 0 saturated carbocycles. The number of thiazole rings is 1. The maximum atomic E-state index is 9.31. The van der Waals surface area contributed by atoms with E-state index >= 15 is 0 Å². The van der Waals surface area contributed by atoms with Gasteiger partial charge in [0.1, 0.15) is 17.4 Å². The molecule has 6 heteroatoms. The number of aliphatic hydroxyl groups is 1. The van der Waals surface area contributed by atoms with E-state index < -0.39 is 0 Å². The van der Waals surface area contributed by atoms with Crippen molar-refractivity contribution in [3.8, 4) is 0 Å². The zero-order valence-electron chi connectivity index (χ0n) is 14.0. The summed E-state index contributed by atoms with van der Waals surface area (Å²) in [6.45, 7) is 7.86. The number of fused-ring (bicyclic) bond motifs is 1. The second kappa shape index (κ2) is 6.93. The second-order valence-electron chi connectivity index (χ2n) is 6.28. The normalized spacial score (nSPS) is 17.1. The SMILES string of the molecule is CCN(Cc1nc2c(s1)CC(C)CC2)c1cc(C)nc(CO)n1. The molecular formula is C17H24N4OS. The minimum Gasteiger partial charge on any atom is -0.388 e. The van der Waals surface area contributed by atoms with Crippen molar-refractivity contribution in [2.75, 3.05) is 11.4 Å². The van der Waals surface area contributed by atoms with Crippen LogP contribution in [0.2, 0.25) is 0 Å². The highest BCUT2D eigenvalue weighted by Crippen LogP contribution is 2.30. The Kier molecular flexibility index (Phi) is 4.92. The Hall–Kier alpha value is -1.53. The molecular weight excluding hydrogens is 308 g/mol. The molecule has 1 aliphatic carbocycles. The van der Waals surface area contributed by atoms with Crippen LogP contribution >= 0.6 is 11.3 Å². The quantitative estimate of drug-likeness (QED) is 0.912. The van der Waals surface area contributed by atoms with Crippen LogP contribution in [0.3, 0.4) is 0 Å². The minimum atomic E-state index is -0.129. The summed E-state index contributed by atoms with van der Waals surface area (Å²) in [6, 6.07) is 1.97. The smallest absolute Gasteiger partial charge is 0.156 e. The largest absolute Gasteiger partial charge is 0.388 e. The molecule has 1 atom stereocenters. The van der Waals surface area contributed by atoms with Gasteiger partial charge in [-0.2, -0.15) is 0 Å². The zero-order chi connectivity index (χ0) is 16.4. The molecule has 1 aliphatic rings. The van der Waals surface area contributed by atoms with E-state index in [4.69, 9.17) is 4.98 Å². The first-order chi connectivity index (χ1) is 11.1. The highest BCUT2D eigenvalue weighted by molar-refractivity contribution is 7.11. The third kappa shape index (κ3) is 3.70. The predicted octanol–water partition coefficient (Wildman–Crippen LogP) is 2.89. The van der Waals surface area contributed by atoms with Gasteiger partial charge in [-0.25, -0.2) is 15.0 Å². The molecule has 0 spiro atoms. The number of rotatable bonds is 5. The van der Waals surface area contributed by atoms with Gasteiger partial charge in [0.2, 0.25) is 0 Å². The summed E-state index contributed by atoms with van der Waals surface area (Å²) in [4.78, 5) is 17.2. The molecule has 1 unspecified atom stereocenters. The molecule has 2 heterocycles. The Morgan fingerprint density at radius 1 is 1.35 bits per heavy atom. The van der Waals surface area contributed by atoms with Gasteiger partial charge >= 0.3 is 0 Å². The summed E-state index contributed by atoms with van der Waals surface area (Å²) < 4.78 is 0. The first-order valence-corrected chi connectivity index (χ1v) is 9.08. The lowest BCUT2D eigenvalue weighted by Crippen LogP contribution is -2.24. The average Bonchev–Trinajstić information content (AvgIpc) is 2.93. The highest BCUT2D eigenvalue weighted by atomic mass is 32.1. The maximum absolute atomic E-state index is 9.31. The fourth-order valence-electron chi connectivity index (χ4n) is 3.02. The summed E-state index contributed by atoms with van der Waals surface area (Å²) in [6.07, 6.45) is 3.53. The maximum Gasteiger partial charge on any atom is 0.156 e. The van der Waals surface area contributed by atoms with Crippen LogP contribution in [0.25, 0.3) is 0 Å². The number of aliphatic hydroxyl groups excluding tert-OH is 1. The number of anilines is 1. The highest BCUT2D eigenvalue weighted by Gasteiger charge is 2.21. The van der Waals surface area contributed by atoms with Crippen LogP contribution in [-0.2, 0) is 26.0 Å². The van der Waals surface area contributed by atoms with Crippen molar-refractivity contribution in [1.29, 1.82) is 0 Å². The van der Waals surface area contributed by atoms with E-state index in [9.17, 15) is 5.11 Å². The van der Waals surface area contributed by atoms with Gasteiger partial charge in [-0.15, -0.1) is 11.3 Å². The van der Waals surface area contributed by atoms with Gasteiger partial charge in [0, 0.05) is 23.2 Å². The zero-order valence-corrected chi connectivity index (χ0v) is 14.9. The molecule has 0 amide bonds. The van der Waals surface area contributed by atoms with E-state index in [0.29, 0.717) is 5.82 Å². The molecule has 5 nitrogen and oxygen atoms in total. The van der Waals surface area contributed by atoms with Crippen molar-refractivity contribution < 1.29 is 5.11 Å². The number of nitrogens with zero attached hydrogens (tertiary/aromatic N) is 4. The first-order valence-electron chi connectivity index (χ1n) is 8.26. The molecule has 1 N–H and O–H groups in total. The van der Waals surface area contributed by atoms with Crippen LogP contribution < -0.4 is 4.90 Å². The van der Waals surface area contributed by atoms with E-state index in [0.717, 1.165) is 41.9 Å². The first kappa shape index (κ1) is 16.3. The van der Waals surface area contributed by atoms with Crippen LogP contribution in [0.1, 0.15) is 47.4 Å². The summed E-state index contributed by atoms with van der Waals surface area (Å²) in [7, 11) is 0. The fourth-order valence-corrected chi connectivity index (χ4v) is 4.32. The van der Waals surface area contributed by atoms with Crippen molar-refractivity contribution in [1.82, 2.24) is 15.0 Å². The van der Waals surface area contributed by atoms with Crippen LogP contribution in [0.5, 0.6) is 0 Å². The van der Waals surface area contributed by atoms with E-state index in [-0.39, 0.29) is 6.61 Å². The van der Waals surface area contributed by atoms with Gasteiger partial charge in [-0.05, 0) is 39.0 Å². The van der Waals surface area contributed by atoms with Gasteiger partial charge < -0.3 is 10.0 Å². The molecule has 124 valence electrons. The molecule has 23 heavy (non-hydrogen) atoms. The molecule has 0 radical (unpaired) electrons. The van der Waals surface area contributed by atoms with Crippen LogP contribution in [0.15, 0.2) is 6.07 Å². The Labute approximate surface area is 141 Å². The van der Waals surface area contributed by atoms with E-state index in [1.165, 1.54) is 23.4 Å². The van der Waals surface area contributed by atoms with E-state index in [2.05, 4.69) is 28.7 Å². The van der Waals surface area contributed by atoms with Crippen molar-refractivity contribution in [3.63, 3.8) is 0 Å². The van der Waals surface area contributed by atoms with Crippen molar-refractivity contribution in [2.45, 2.75) is 53.2 Å². The van der Waals surface area contributed by atoms with Gasteiger partial charge in [0.05, 0.1) is 12.2 Å². The minimum absolute atomic E-state index is 0.129. The van der Waals surface area contributed by atoms with Crippen LogP contribution in [0, 0.1) is 12.8 Å². The summed E-state index contributed by atoms with van der Waals surface area (Å²) in [5.74, 6) is 2.12. The topological polar surface area (TPSA) is 62.1 Å². The van der Waals surface area contributed by atoms with Gasteiger partial charge in [-0.3, -0.25) is 0 Å². The van der Waals surface area contributed by atoms with Gasteiger partial charge in [0.15, 0.2) is 5.82 Å². The number of hydrogen-bond donors (Lipinski definition) is 1. The predicted molar refractivity (Wildman–Crippen MR) is 92.7 cm³/mol. The van der Waals surface area contributed by atoms with Crippen molar-refractivity contribution in [3.05, 3.63) is 33.2 Å². The Bertz CT molecular complexity index is 685. The van der Waals surface area contributed by atoms with E-state index in [1.54, 1.807) is 0 Å². The average molecular weight is 332 g/mol. The third-order valence-electron chi connectivity index (χ3n) is 4.29. The molecule has 0 bridgehead atoms. The lowest BCUT2D eigenvalue weighted by Gasteiger charge is -2.21. The van der Waals surface area contributed by atoms with Crippen molar-refractivity contribution in [2.24, 2.45) is 5.92 Å². The standard InChI is InChI=1S/C17H24N4OS/c1-4-21(16-8-12(3)18-15(10-22)20-16)9-17-19-13-6-5-11(2)7-14(13)23-17/h8,11,22H,4-7,9-10H2,1-3H3. The summed E-state index contributed by atoms with van der Waals surface area (Å²) in [5.41, 5.74) is 2.18. The van der Waals surface area contributed by atoms with E-state index in [1.807, 2.05) is 24.3 Å². The number of hydrogen-bond acceptors (Lipinski definition) is 6. The van der Waals surface area contributed by atoms with Crippen molar-refractivity contribution >= 4 is 17.2 Å². The molecule has 0 aliphatic heterocycles. The third-order valence-corrected chi connectivity index (χ3v) is 5.40. The van der Waals surface area contributed by atoms with Gasteiger partial charge in [0.25, 0.3) is 0 Å². The Morgan fingerprint density at radius 2 is 2.17 bits per heavy atom. The number of aromatic nitrogens is 3. The lowest BCUT2D eigenvalue weighted by atomic mass is 9.93. The van der Waals surface area contributed by atoms with Crippen LogP contribution in [-0.4, -0.2) is 26.6 Å². The molecule has 2 aromatic rings. The Morgan fingerprint density at radius 3 is 2.91 bits per heavy atom. The summed E-state index contributed by atoms with van der Waals surface area (Å²) >= 11 is 1.85. The molecule has 0 aromatic carbocycles. The number of aryl methyl sites for hydroxylation is 2. The molecule has 0 saturated heterocycles. The fraction of sp³-hybridized carbons (Fsp3) is 0.588. The molecule has 2 aromatic heterocycles. The molecule has 3 rings (SSSR count). The summed E-state index contributed by atoms with van der Waals surface area (Å²) in [5, 5.41) is 10.5. The van der Waals surface area contributed by atoms with Crippen LogP contribution in [0.4, 0.5) is 5.82 Å². The molecule has 0 fully saturated rings. The monoisotopic (exact) mass is 332 g/mol. The second-order valence-corrected chi connectivity index (χ2v) is 7.45. The lowest BCUT2D eigenvalue weighted by molar-refractivity contribution is 0.271. The van der Waals surface area contributed by atoms with Gasteiger partial charge in [-0.1, -0.05) is 6.92 Å². The Balaban J connectivity index is 1.81.